The lowest BCUT2D eigenvalue weighted by molar-refractivity contribution is -0.175. The van der Waals surface area contributed by atoms with Crippen LogP contribution in [0.5, 0.6) is 0 Å². The van der Waals surface area contributed by atoms with Crippen LogP contribution in [0.25, 0.3) is 0 Å². The van der Waals surface area contributed by atoms with Crippen molar-refractivity contribution in [1.29, 1.82) is 0 Å². The summed E-state index contributed by atoms with van der Waals surface area (Å²) in [5.41, 5.74) is 0. The molecule has 5 nitrogen and oxygen atoms in total. The quantitative estimate of drug-likeness (QED) is 0.289. The van der Waals surface area contributed by atoms with Crippen molar-refractivity contribution < 1.29 is 23.8 Å². The second-order valence-electron chi connectivity index (χ2n) is 6.31. The summed E-state index contributed by atoms with van der Waals surface area (Å²) in [5, 5.41) is 0. The lowest BCUT2D eigenvalue weighted by Gasteiger charge is -2.27. The van der Waals surface area contributed by atoms with E-state index in [0.717, 1.165) is 38.5 Å². The van der Waals surface area contributed by atoms with Crippen molar-refractivity contribution in [2.45, 2.75) is 78.4 Å². The van der Waals surface area contributed by atoms with E-state index >= 15 is 0 Å². The summed E-state index contributed by atoms with van der Waals surface area (Å²) in [5.74, 6) is 0.505. The monoisotopic (exact) mass is 342 g/mol. The fourth-order valence-electron chi connectivity index (χ4n) is 3.48. The first-order chi connectivity index (χ1) is 11.6. The Bertz CT molecular complexity index is 363. The number of hydrogen-bond donors (Lipinski definition) is 0. The van der Waals surface area contributed by atoms with E-state index in [2.05, 4.69) is 0 Å². The summed E-state index contributed by atoms with van der Waals surface area (Å²) >= 11 is 0. The molecule has 0 heterocycles. The van der Waals surface area contributed by atoms with Crippen molar-refractivity contribution in [3.05, 3.63) is 0 Å². The molecule has 1 aliphatic carbocycles. The van der Waals surface area contributed by atoms with Gasteiger partial charge in [-0.25, -0.2) is 0 Å². The lowest BCUT2D eigenvalue weighted by Crippen LogP contribution is -2.31. The van der Waals surface area contributed by atoms with Crippen LogP contribution in [0.2, 0.25) is 0 Å². The zero-order chi connectivity index (χ0) is 17.8. The maximum atomic E-state index is 12.2. The molecule has 0 saturated heterocycles. The van der Waals surface area contributed by atoms with Gasteiger partial charge in [0.25, 0.3) is 0 Å². The van der Waals surface area contributed by atoms with Gasteiger partial charge in [-0.15, -0.1) is 0 Å². The van der Waals surface area contributed by atoms with Gasteiger partial charge < -0.3 is 14.2 Å². The fourth-order valence-corrected chi connectivity index (χ4v) is 3.48. The first-order valence-electron chi connectivity index (χ1n) is 9.55. The third-order valence-electron chi connectivity index (χ3n) is 4.62. The van der Waals surface area contributed by atoms with E-state index in [-0.39, 0.29) is 24.1 Å². The molecule has 140 valence electrons. The highest BCUT2D eigenvalue weighted by Gasteiger charge is 2.39. The maximum absolute atomic E-state index is 12.2. The lowest BCUT2D eigenvalue weighted by atomic mass is 9.89. The van der Waals surface area contributed by atoms with E-state index < -0.39 is 0 Å². The average molecular weight is 342 g/mol. The number of Topliss-reactive ketones (excluding diaryl/α,β-unsaturated/α-hetero) is 1. The van der Waals surface area contributed by atoms with Gasteiger partial charge in [-0.05, 0) is 40.0 Å². The summed E-state index contributed by atoms with van der Waals surface area (Å²) in [6.45, 7) is 7.41. The molecule has 5 heteroatoms. The van der Waals surface area contributed by atoms with Gasteiger partial charge in [-0.2, -0.15) is 0 Å². The van der Waals surface area contributed by atoms with Crippen molar-refractivity contribution in [2.75, 3.05) is 19.8 Å². The average Bonchev–Trinajstić information content (AvgIpc) is 2.91. The Morgan fingerprint density at radius 2 is 1.71 bits per heavy atom. The number of rotatable bonds is 13. The first kappa shape index (κ1) is 21.1. The summed E-state index contributed by atoms with van der Waals surface area (Å²) < 4.78 is 16.3. The number of carbonyl (C=O) groups excluding carboxylic acids is 2. The van der Waals surface area contributed by atoms with E-state index in [4.69, 9.17) is 14.2 Å². The first-order valence-corrected chi connectivity index (χ1v) is 9.55. The minimum absolute atomic E-state index is 0.0677. The van der Waals surface area contributed by atoms with E-state index in [1.807, 2.05) is 20.8 Å². The Balaban J connectivity index is 2.30. The zero-order valence-electron chi connectivity index (χ0n) is 15.6. The Hall–Kier alpha value is -0.940. The van der Waals surface area contributed by atoms with Gasteiger partial charge in [-0.1, -0.05) is 19.3 Å². The van der Waals surface area contributed by atoms with Crippen LogP contribution in [-0.2, 0) is 23.8 Å². The van der Waals surface area contributed by atoms with Crippen LogP contribution >= 0.6 is 0 Å². The molecule has 0 radical (unpaired) electrons. The number of carbonyl (C=O) groups is 2. The molecular weight excluding hydrogens is 308 g/mol. The summed E-state index contributed by atoms with van der Waals surface area (Å²) in [6, 6.07) is 0. The van der Waals surface area contributed by atoms with E-state index in [1.165, 1.54) is 0 Å². The molecule has 24 heavy (non-hydrogen) atoms. The fraction of sp³-hybridized carbons (Fsp3) is 0.895. The third kappa shape index (κ3) is 7.31. The molecule has 2 unspecified atom stereocenters. The Morgan fingerprint density at radius 3 is 2.33 bits per heavy atom. The zero-order valence-corrected chi connectivity index (χ0v) is 15.6. The highest BCUT2D eigenvalue weighted by Crippen LogP contribution is 2.36. The van der Waals surface area contributed by atoms with Gasteiger partial charge in [0.2, 0.25) is 0 Å². The van der Waals surface area contributed by atoms with Crippen LogP contribution in [0.1, 0.15) is 72.1 Å². The van der Waals surface area contributed by atoms with Crippen molar-refractivity contribution in [3.63, 3.8) is 0 Å². The van der Waals surface area contributed by atoms with Crippen LogP contribution in [0.3, 0.4) is 0 Å². The van der Waals surface area contributed by atoms with Gasteiger partial charge in [-0.3, -0.25) is 9.59 Å². The van der Waals surface area contributed by atoms with Crippen LogP contribution in [0, 0.1) is 11.8 Å². The van der Waals surface area contributed by atoms with Crippen LogP contribution in [-0.4, -0.2) is 37.9 Å². The Morgan fingerprint density at radius 1 is 1.04 bits per heavy atom. The number of hydrogen-bond acceptors (Lipinski definition) is 5. The number of esters is 1. The molecule has 0 aromatic heterocycles. The minimum atomic E-state index is -0.250. The summed E-state index contributed by atoms with van der Waals surface area (Å²) in [7, 11) is 0. The molecule has 2 atom stereocenters. The molecule has 1 fully saturated rings. The Kier molecular flexibility index (Phi) is 10.9. The van der Waals surface area contributed by atoms with Crippen molar-refractivity contribution in [1.82, 2.24) is 0 Å². The maximum Gasteiger partial charge on any atom is 0.305 e. The van der Waals surface area contributed by atoms with Crippen LogP contribution in [0.15, 0.2) is 0 Å². The molecular formula is C19H34O5. The summed E-state index contributed by atoms with van der Waals surface area (Å²) in [6.07, 6.45) is 6.60. The van der Waals surface area contributed by atoms with Gasteiger partial charge >= 0.3 is 5.97 Å². The topological polar surface area (TPSA) is 61.8 Å². The number of ether oxygens (including phenoxy) is 3. The van der Waals surface area contributed by atoms with Crippen molar-refractivity contribution in [3.8, 4) is 0 Å². The standard InChI is InChI=1S/C19H34O5/c1-4-22-18(21)12-10-8-7-9-11-15-16(13-14-17(15)20)19(23-5-2)24-6-3/h15-16,19H,4-14H2,1-3H3. The van der Waals surface area contributed by atoms with Crippen molar-refractivity contribution >= 4 is 11.8 Å². The second kappa shape index (κ2) is 12.4. The second-order valence-corrected chi connectivity index (χ2v) is 6.31. The molecule has 0 aromatic carbocycles. The van der Waals surface area contributed by atoms with E-state index in [0.29, 0.717) is 38.4 Å². The van der Waals surface area contributed by atoms with Gasteiger partial charge in [0.1, 0.15) is 5.78 Å². The molecule has 0 N–H and O–H groups in total. The number of unbranched alkanes of at least 4 members (excludes halogenated alkanes) is 3. The third-order valence-corrected chi connectivity index (χ3v) is 4.62. The molecule has 0 spiro atoms. The highest BCUT2D eigenvalue weighted by molar-refractivity contribution is 5.83. The molecule has 1 aliphatic rings. The van der Waals surface area contributed by atoms with Gasteiger partial charge in [0, 0.05) is 37.9 Å². The molecule has 1 saturated carbocycles. The van der Waals surface area contributed by atoms with Crippen LogP contribution < -0.4 is 0 Å². The smallest absolute Gasteiger partial charge is 0.305 e. The number of ketones is 1. The Labute approximate surface area is 146 Å². The van der Waals surface area contributed by atoms with Gasteiger partial charge in [0.05, 0.1) is 6.61 Å². The van der Waals surface area contributed by atoms with E-state index in [9.17, 15) is 9.59 Å². The van der Waals surface area contributed by atoms with E-state index in [1.54, 1.807) is 0 Å². The summed E-state index contributed by atoms with van der Waals surface area (Å²) in [4.78, 5) is 23.5. The minimum Gasteiger partial charge on any atom is -0.466 e. The largest absolute Gasteiger partial charge is 0.466 e. The predicted molar refractivity (Wildman–Crippen MR) is 92.6 cm³/mol. The predicted octanol–water partition coefficient (Wildman–Crippen LogP) is 3.88. The highest BCUT2D eigenvalue weighted by atomic mass is 16.7. The SMILES string of the molecule is CCOC(=O)CCCCCCC1C(=O)CCC1C(OCC)OCC. The molecule has 0 aliphatic heterocycles. The van der Waals surface area contributed by atoms with Crippen molar-refractivity contribution in [2.24, 2.45) is 11.8 Å². The van der Waals surface area contributed by atoms with Crippen LogP contribution in [0.4, 0.5) is 0 Å². The normalized spacial score (nSPS) is 20.8. The molecule has 1 rings (SSSR count). The molecule has 0 aromatic rings. The molecule has 0 amide bonds. The van der Waals surface area contributed by atoms with Gasteiger partial charge in [0.15, 0.2) is 6.29 Å². The molecule has 0 bridgehead atoms.